The molecule has 22 heavy (non-hydrogen) atoms. The normalized spacial score (nSPS) is 13.9. The Hall–Kier alpha value is -2.55. The van der Waals surface area contributed by atoms with Crippen molar-refractivity contribution in [3.05, 3.63) is 71.9 Å². The van der Waals surface area contributed by atoms with Gasteiger partial charge in [-0.3, -0.25) is 0 Å². The first-order valence-corrected chi connectivity index (χ1v) is 7.58. The number of benzene rings is 2. The number of fused-ring (bicyclic) bond motifs is 1. The number of para-hydroxylation sites is 1. The molecule has 0 unspecified atom stereocenters. The average Bonchev–Trinajstić information content (AvgIpc) is 2.76. The SMILES string of the molecule is CCOC(=O)C1=CN(c2ccccc2)CCc2ccccc21. The molecule has 2 aromatic carbocycles. The van der Waals surface area contributed by atoms with Gasteiger partial charge in [0.05, 0.1) is 12.2 Å². The lowest BCUT2D eigenvalue weighted by atomic mass is 9.99. The molecule has 0 saturated heterocycles. The Morgan fingerprint density at radius 3 is 2.59 bits per heavy atom. The van der Waals surface area contributed by atoms with Crippen LogP contribution >= 0.6 is 0 Å². The maximum Gasteiger partial charge on any atom is 0.340 e. The second-order valence-corrected chi connectivity index (χ2v) is 5.20. The molecule has 0 atom stereocenters. The Labute approximate surface area is 130 Å². The van der Waals surface area contributed by atoms with Crippen LogP contribution in [0.15, 0.2) is 60.8 Å². The third-order valence-electron chi connectivity index (χ3n) is 3.80. The zero-order valence-electron chi connectivity index (χ0n) is 12.7. The predicted molar refractivity (Wildman–Crippen MR) is 88.5 cm³/mol. The third-order valence-corrected chi connectivity index (χ3v) is 3.80. The fraction of sp³-hybridized carbons (Fsp3) is 0.211. The van der Waals surface area contributed by atoms with Crippen LogP contribution < -0.4 is 4.90 Å². The van der Waals surface area contributed by atoms with Gasteiger partial charge in [0.15, 0.2) is 0 Å². The second-order valence-electron chi connectivity index (χ2n) is 5.20. The topological polar surface area (TPSA) is 29.5 Å². The Morgan fingerprint density at radius 2 is 1.82 bits per heavy atom. The fourth-order valence-corrected chi connectivity index (χ4v) is 2.73. The lowest BCUT2D eigenvalue weighted by Crippen LogP contribution is -2.19. The molecule has 1 aliphatic heterocycles. The van der Waals surface area contributed by atoms with Crippen LogP contribution in [0.5, 0.6) is 0 Å². The highest BCUT2D eigenvalue weighted by atomic mass is 16.5. The Bertz CT molecular complexity index is 692. The zero-order chi connectivity index (χ0) is 15.4. The fourth-order valence-electron chi connectivity index (χ4n) is 2.73. The summed E-state index contributed by atoms with van der Waals surface area (Å²) >= 11 is 0. The largest absolute Gasteiger partial charge is 0.462 e. The summed E-state index contributed by atoms with van der Waals surface area (Å²) in [7, 11) is 0. The summed E-state index contributed by atoms with van der Waals surface area (Å²) in [6.07, 6.45) is 2.81. The maximum atomic E-state index is 12.4. The van der Waals surface area contributed by atoms with Gasteiger partial charge in [0, 0.05) is 18.4 Å². The Balaban J connectivity index is 2.04. The van der Waals surface area contributed by atoms with Crippen molar-refractivity contribution in [3.8, 4) is 0 Å². The molecule has 2 aromatic rings. The van der Waals surface area contributed by atoms with Crippen LogP contribution in [-0.2, 0) is 16.0 Å². The summed E-state index contributed by atoms with van der Waals surface area (Å²) in [5, 5.41) is 0. The molecular weight excluding hydrogens is 274 g/mol. The molecule has 3 nitrogen and oxygen atoms in total. The Kier molecular flexibility index (Phi) is 4.24. The predicted octanol–water partition coefficient (Wildman–Crippen LogP) is 3.65. The monoisotopic (exact) mass is 293 g/mol. The first kappa shape index (κ1) is 14.4. The van der Waals surface area contributed by atoms with E-state index < -0.39 is 0 Å². The van der Waals surface area contributed by atoms with Gasteiger partial charge in [0.1, 0.15) is 0 Å². The van der Waals surface area contributed by atoms with Crippen molar-refractivity contribution in [3.63, 3.8) is 0 Å². The number of hydrogen-bond acceptors (Lipinski definition) is 3. The van der Waals surface area contributed by atoms with Crippen molar-refractivity contribution in [2.24, 2.45) is 0 Å². The number of carbonyl (C=O) groups excluding carboxylic acids is 1. The molecule has 0 amide bonds. The van der Waals surface area contributed by atoms with E-state index >= 15 is 0 Å². The molecule has 1 heterocycles. The zero-order valence-corrected chi connectivity index (χ0v) is 12.7. The van der Waals surface area contributed by atoms with Crippen LogP contribution in [0.3, 0.4) is 0 Å². The van der Waals surface area contributed by atoms with Crippen molar-refractivity contribution >= 4 is 17.2 Å². The number of nitrogens with zero attached hydrogens (tertiary/aromatic N) is 1. The van der Waals surface area contributed by atoms with Gasteiger partial charge in [0.25, 0.3) is 0 Å². The molecular formula is C19H19NO2. The summed E-state index contributed by atoms with van der Waals surface area (Å²) in [6, 6.07) is 18.2. The van der Waals surface area contributed by atoms with E-state index in [2.05, 4.69) is 23.1 Å². The lowest BCUT2D eigenvalue weighted by Gasteiger charge is -2.19. The molecule has 0 spiro atoms. The van der Waals surface area contributed by atoms with Gasteiger partial charge in [-0.25, -0.2) is 4.79 Å². The number of anilines is 1. The van der Waals surface area contributed by atoms with E-state index in [0.29, 0.717) is 12.2 Å². The molecule has 112 valence electrons. The average molecular weight is 293 g/mol. The molecule has 3 rings (SSSR count). The van der Waals surface area contributed by atoms with E-state index in [1.54, 1.807) is 0 Å². The molecule has 3 heteroatoms. The van der Waals surface area contributed by atoms with Gasteiger partial charge < -0.3 is 9.64 Å². The van der Waals surface area contributed by atoms with Crippen LogP contribution in [0.2, 0.25) is 0 Å². The quantitative estimate of drug-likeness (QED) is 0.809. The minimum Gasteiger partial charge on any atom is -0.462 e. The van der Waals surface area contributed by atoms with Gasteiger partial charge in [-0.05, 0) is 36.6 Å². The maximum absolute atomic E-state index is 12.4. The van der Waals surface area contributed by atoms with Gasteiger partial charge in [0.2, 0.25) is 0 Å². The summed E-state index contributed by atoms with van der Waals surface area (Å²) in [5.41, 5.74) is 3.86. The smallest absolute Gasteiger partial charge is 0.340 e. The molecule has 0 saturated carbocycles. The standard InChI is InChI=1S/C19H19NO2/c1-2-22-19(21)18-14-20(16-9-4-3-5-10-16)13-12-15-8-6-7-11-17(15)18/h3-11,14H,2,12-13H2,1H3. The van der Waals surface area contributed by atoms with Crippen LogP contribution in [0.25, 0.3) is 5.57 Å². The number of ether oxygens (including phenoxy) is 1. The van der Waals surface area contributed by atoms with Crippen LogP contribution in [-0.4, -0.2) is 19.1 Å². The van der Waals surface area contributed by atoms with E-state index in [4.69, 9.17) is 4.74 Å². The van der Waals surface area contributed by atoms with E-state index in [0.717, 1.165) is 24.2 Å². The lowest BCUT2D eigenvalue weighted by molar-refractivity contribution is -0.136. The van der Waals surface area contributed by atoms with E-state index in [9.17, 15) is 4.79 Å². The van der Waals surface area contributed by atoms with Crippen molar-refractivity contribution in [2.45, 2.75) is 13.3 Å². The molecule has 0 N–H and O–H groups in total. The summed E-state index contributed by atoms with van der Waals surface area (Å²) in [4.78, 5) is 14.5. The van der Waals surface area contributed by atoms with Crippen molar-refractivity contribution in [1.29, 1.82) is 0 Å². The highest BCUT2D eigenvalue weighted by Crippen LogP contribution is 2.27. The van der Waals surface area contributed by atoms with Crippen LogP contribution in [0.1, 0.15) is 18.1 Å². The highest BCUT2D eigenvalue weighted by Gasteiger charge is 2.21. The van der Waals surface area contributed by atoms with Crippen molar-refractivity contribution < 1.29 is 9.53 Å². The number of hydrogen-bond donors (Lipinski definition) is 0. The summed E-state index contributed by atoms with van der Waals surface area (Å²) in [6.45, 7) is 3.05. The molecule has 0 bridgehead atoms. The number of carbonyl (C=O) groups is 1. The van der Waals surface area contributed by atoms with Crippen LogP contribution in [0, 0.1) is 0 Å². The first-order valence-electron chi connectivity index (χ1n) is 7.58. The molecule has 0 aromatic heterocycles. The van der Waals surface area contributed by atoms with Crippen molar-refractivity contribution in [1.82, 2.24) is 0 Å². The summed E-state index contributed by atoms with van der Waals surface area (Å²) in [5.74, 6) is -0.266. The number of rotatable bonds is 3. The van der Waals surface area contributed by atoms with Gasteiger partial charge in [-0.1, -0.05) is 42.5 Å². The Morgan fingerprint density at radius 1 is 1.09 bits per heavy atom. The molecule has 1 aliphatic rings. The van der Waals surface area contributed by atoms with E-state index in [-0.39, 0.29) is 5.97 Å². The number of esters is 1. The molecule has 0 aliphatic carbocycles. The van der Waals surface area contributed by atoms with Gasteiger partial charge in [-0.15, -0.1) is 0 Å². The second kappa shape index (κ2) is 6.48. The van der Waals surface area contributed by atoms with Gasteiger partial charge in [-0.2, -0.15) is 0 Å². The minimum atomic E-state index is -0.266. The third kappa shape index (κ3) is 2.89. The molecule has 0 radical (unpaired) electrons. The van der Waals surface area contributed by atoms with Crippen molar-refractivity contribution in [2.75, 3.05) is 18.1 Å². The van der Waals surface area contributed by atoms with E-state index in [1.807, 2.05) is 49.5 Å². The highest BCUT2D eigenvalue weighted by molar-refractivity contribution is 6.17. The summed E-state index contributed by atoms with van der Waals surface area (Å²) < 4.78 is 5.24. The van der Waals surface area contributed by atoms with Gasteiger partial charge >= 0.3 is 5.97 Å². The first-order chi connectivity index (χ1) is 10.8. The minimum absolute atomic E-state index is 0.266. The van der Waals surface area contributed by atoms with Crippen LogP contribution in [0.4, 0.5) is 5.69 Å². The molecule has 0 fully saturated rings. The van der Waals surface area contributed by atoms with E-state index in [1.165, 1.54) is 5.56 Å².